The van der Waals surface area contributed by atoms with Gasteiger partial charge in [0.15, 0.2) is 16.4 Å². The molecule has 0 atom stereocenters. The summed E-state index contributed by atoms with van der Waals surface area (Å²) in [6.45, 7) is 2.09. The SMILES string of the molecule is CCCNC(=O)COC(=O)c1cccc(CS(C)(=O)=O)c1. The van der Waals surface area contributed by atoms with Gasteiger partial charge in [-0.3, -0.25) is 4.79 Å². The molecule has 1 amide bonds. The summed E-state index contributed by atoms with van der Waals surface area (Å²) in [5.41, 5.74) is 0.724. The Balaban J connectivity index is 2.62. The number of nitrogens with one attached hydrogen (secondary N) is 1. The summed E-state index contributed by atoms with van der Waals surface area (Å²) in [5, 5.41) is 2.59. The molecule has 6 nitrogen and oxygen atoms in total. The summed E-state index contributed by atoms with van der Waals surface area (Å²) in [6, 6.07) is 6.16. The molecule has 0 bridgehead atoms. The molecule has 0 heterocycles. The topological polar surface area (TPSA) is 89.5 Å². The van der Waals surface area contributed by atoms with E-state index in [1.807, 2.05) is 6.92 Å². The van der Waals surface area contributed by atoms with E-state index in [9.17, 15) is 18.0 Å². The lowest BCUT2D eigenvalue weighted by molar-refractivity contribution is -0.124. The van der Waals surface area contributed by atoms with Crippen LogP contribution in [0.1, 0.15) is 29.3 Å². The fourth-order valence-corrected chi connectivity index (χ4v) is 2.41. The standard InChI is InChI=1S/C14H19NO5S/c1-3-7-15-13(16)9-20-14(17)12-6-4-5-11(8-12)10-21(2,18)19/h4-6,8H,3,7,9-10H2,1-2H3,(H,15,16). The Morgan fingerprint density at radius 2 is 2.00 bits per heavy atom. The zero-order valence-corrected chi connectivity index (χ0v) is 12.9. The number of benzene rings is 1. The number of rotatable bonds is 7. The average molecular weight is 313 g/mol. The van der Waals surface area contributed by atoms with Crippen LogP contribution in [0.2, 0.25) is 0 Å². The van der Waals surface area contributed by atoms with Crippen LogP contribution in [0.4, 0.5) is 0 Å². The number of hydrogen-bond acceptors (Lipinski definition) is 5. The predicted molar refractivity (Wildman–Crippen MR) is 78.6 cm³/mol. The first-order valence-corrected chi connectivity index (χ1v) is 8.58. The van der Waals surface area contributed by atoms with Crippen molar-refractivity contribution in [1.82, 2.24) is 5.32 Å². The quantitative estimate of drug-likeness (QED) is 0.756. The Morgan fingerprint density at radius 3 is 2.62 bits per heavy atom. The number of amides is 1. The molecule has 7 heteroatoms. The van der Waals surface area contributed by atoms with E-state index in [-0.39, 0.29) is 23.8 Å². The van der Waals surface area contributed by atoms with Gasteiger partial charge in [-0.05, 0) is 24.1 Å². The van der Waals surface area contributed by atoms with Gasteiger partial charge < -0.3 is 10.1 Å². The van der Waals surface area contributed by atoms with E-state index in [2.05, 4.69) is 5.32 Å². The molecule has 1 rings (SSSR count). The molecular weight excluding hydrogens is 294 g/mol. The molecule has 1 aromatic rings. The van der Waals surface area contributed by atoms with E-state index >= 15 is 0 Å². The Bertz CT molecular complexity index is 610. The van der Waals surface area contributed by atoms with Gasteiger partial charge in [0.25, 0.3) is 5.91 Å². The van der Waals surface area contributed by atoms with Crippen molar-refractivity contribution in [3.05, 3.63) is 35.4 Å². The molecule has 0 unspecified atom stereocenters. The molecule has 0 radical (unpaired) electrons. The largest absolute Gasteiger partial charge is 0.452 e. The summed E-state index contributed by atoms with van der Waals surface area (Å²) in [5.74, 6) is -1.17. The van der Waals surface area contributed by atoms with Gasteiger partial charge in [-0.1, -0.05) is 19.1 Å². The number of sulfone groups is 1. The Kier molecular flexibility index (Phi) is 6.36. The summed E-state index contributed by atoms with van der Waals surface area (Å²) >= 11 is 0. The molecule has 1 N–H and O–H groups in total. The maximum Gasteiger partial charge on any atom is 0.338 e. The number of ether oxygens (including phenoxy) is 1. The van der Waals surface area contributed by atoms with E-state index in [0.717, 1.165) is 12.7 Å². The van der Waals surface area contributed by atoms with Crippen molar-refractivity contribution in [2.24, 2.45) is 0 Å². The smallest absolute Gasteiger partial charge is 0.338 e. The van der Waals surface area contributed by atoms with E-state index in [1.165, 1.54) is 12.1 Å². The fourth-order valence-electron chi connectivity index (χ4n) is 1.62. The second kappa shape index (κ2) is 7.78. The Labute approximate surface area is 124 Å². The summed E-state index contributed by atoms with van der Waals surface area (Å²) < 4.78 is 27.3. The highest BCUT2D eigenvalue weighted by atomic mass is 32.2. The monoisotopic (exact) mass is 313 g/mol. The van der Waals surface area contributed by atoms with E-state index in [1.54, 1.807) is 12.1 Å². The van der Waals surface area contributed by atoms with Gasteiger partial charge in [-0.25, -0.2) is 13.2 Å². The minimum Gasteiger partial charge on any atom is -0.452 e. The van der Waals surface area contributed by atoms with Crippen molar-refractivity contribution in [1.29, 1.82) is 0 Å². The minimum atomic E-state index is -3.17. The molecule has 1 aromatic carbocycles. The van der Waals surface area contributed by atoms with Crippen LogP contribution >= 0.6 is 0 Å². The zero-order chi connectivity index (χ0) is 15.9. The van der Waals surface area contributed by atoms with Crippen LogP contribution in [0.5, 0.6) is 0 Å². The molecule has 0 saturated heterocycles. The minimum absolute atomic E-state index is 0.148. The van der Waals surface area contributed by atoms with Crippen LogP contribution in [0.3, 0.4) is 0 Å². The fraction of sp³-hybridized carbons (Fsp3) is 0.429. The van der Waals surface area contributed by atoms with Gasteiger partial charge in [0.2, 0.25) is 0 Å². The second-order valence-corrected chi connectivity index (χ2v) is 6.84. The highest BCUT2D eigenvalue weighted by Gasteiger charge is 2.12. The van der Waals surface area contributed by atoms with E-state index in [0.29, 0.717) is 12.1 Å². The van der Waals surface area contributed by atoms with E-state index in [4.69, 9.17) is 4.74 Å². The van der Waals surface area contributed by atoms with Crippen molar-refractivity contribution in [2.45, 2.75) is 19.1 Å². The van der Waals surface area contributed by atoms with Crippen LogP contribution in [-0.2, 0) is 25.1 Å². The number of esters is 1. The van der Waals surface area contributed by atoms with Gasteiger partial charge in [0.05, 0.1) is 11.3 Å². The van der Waals surface area contributed by atoms with Crippen molar-refractivity contribution in [3.63, 3.8) is 0 Å². The van der Waals surface area contributed by atoms with Gasteiger partial charge in [-0.2, -0.15) is 0 Å². The van der Waals surface area contributed by atoms with Crippen molar-refractivity contribution in [2.75, 3.05) is 19.4 Å². The van der Waals surface area contributed by atoms with Crippen molar-refractivity contribution < 1.29 is 22.7 Å². The van der Waals surface area contributed by atoms with Gasteiger partial charge in [0.1, 0.15) is 0 Å². The highest BCUT2D eigenvalue weighted by Crippen LogP contribution is 2.10. The number of carbonyl (C=O) groups is 2. The van der Waals surface area contributed by atoms with Crippen LogP contribution < -0.4 is 5.32 Å². The molecule has 21 heavy (non-hydrogen) atoms. The molecule has 116 valence electrons. The first kappa shape index (κ1) is 17.2. The van der Waals surface area contributed by atoms with Gasteiger partial charge in [0, 0.05) is 12.8 Å². The van der Waals surface area contributed by atoms with Crippen LogP contribution in [0.15, 0.2) is 24.3 Å². The number of hydrogen-bond donors (Lipinski definition) is 1. The third-order valence-corrected chi connectivity index (χ3v) is 3.36. The lowest BCUT2D eigenvalue weighted by Crippen LogP contribution is -2.29. The molecule has 0 spiro atoms. The molecular formula is C14H19NO5S. The van der Waals surface area contributed by atoms with Crippen molar-refractivity contribution >= 4 is 21.7 Å². The van der Waals surface area contributed by atoms with Gasteiger partial charge in [-0.15, -0.1) is 0 Å². The normalized spacial score (nSPS) is 11.0. The maximum absolute atomic E-state index is 11.8. The zero-order valence-electron chi connectivity index (χ0n) is 12.1. The molecule has 0 aliphatic heterocycles. The molecule has 0 aromatic heterocycles. The van der Waals surface area contributed by atoms with Crippen LogP contribution in [0, 0.1) is 0 Å². The third kappa shape index (κ3) is 6.89. The lowest BCUT2D eigenvalue weighted by Gasteiger charge is -2.07. The van der Waals surface area contributed by atoms with E-state index < -0.39 is 15.8 Å². The molecule has 0 saturated carbocycles. The Hall–Kier alpha value is -1.89. The predicted octanol–water partition coefficient (Wildman–Crippen LogP) is 0.914. The summed E-state index contributed by atoms with van der Waals surface area (Å²) in [7, 11) is -3.17. The number of carbonyl (C=O) groups excluding carboxylic acids is 2. The molecule has 0 fully saturated rings. The highest BCUT2D eigenvalue weighted by molar-refractivity contribution is 7.89. The summed E-state index contributed by atoms with van der Waals surface area (Å²) in [4.78, 5) is 23.1. The van der Waals surface area contributed by atoms with Crippen LogP contribution in [-0.4, -0.2) is 39.7 Å². The van der Waals surface area contributed by atoms with Crippen molar-refractivity contribution in [3.8, 4) is 0 Å². The lowest BCUT2D eigenvalue weighted by atomic mass is 10.1. The van der Waals surface area contributed by atoms with Gasteiger partial charge >= 0.3 is 5.97 Å². The van der Waals surface area contributed by atoms with Crippen LogP contribution in [0.25, 0.3) is 0 Å². The Morgan fingerprint density at radius 1 is 1.29 bits per heavy atom. The second-order valence-electron chi connectivity index (χ2n) is 4.70. The first-order chi connectivity index (χ1) is 9.81. The third-order valence-electron chi connectivity index (χ3n) is 2.50. The average Bonchev–Trinajstić information content (AvgIpc) is 2.40. The maximum atomic E-state index is 11.8. The first-order valence-electron chi connectivity index (χ1n) is 6.52. The molecule has 0 aliphatic carbocycles. The molecule has 0 aliphatic rings. The summed E-state index contributed by atoms with van der Waals surface area (Å²) in [6.07, 6.45) is 1.92.